The van der Waals surface area contributed by atoms with Gasteiger partial charge in [0.05, 0.1) is 6.07 Å². The maximum atomic E-state index is 12.2. The van der Waals surface area contributed by atoms with E-state index in [1.54, 1.807) is 18.2 Å². The largest absolute Gasteiger partial charge is 0.332 e. The number of carbonyl (C=O) groups is 1. The SMILES string of the molecule is Cc1cc(Cl)ccc1C(=O)NC(C#N)c1ccccc1. The number of amides is 1. The topological polar surface area (TPSA) is 52.9 Å². The molecule has 0 saturated carbocycles. The molecule has 0 aliphatic heterocycles. The van der Waals surface area contributed by atoms with Crippen molar-refractivity contribution in [1.82, 2.24) is 5.32 Å². The quantitative estimate of drug-likeness (QED) is 0.935. The van der Waals surface area contributed by atoms with E-state index < -0.39 is 6.04 Å². The lowest BCUT2D eigenvalue weighted by Gasteiger charge is -2.13. The second-order valence-electron chi connectivity index (χ2n) is 4.41. The number of benzene rings is 2. The number of nitrogens with zero attached hydrogens (tertiary/aromatic N) is 1. The fourth-order valence-electron chi connectivity index (χ4n) is 1.93. The zero-order valence-electron chi connectivity index (χ0n) is 10.9. The molecule has 0 saturated heterocycles. The van der Waals surface area contributed by atoms with Gasteiger partial charge in [-0.3, -0.25) is 4.79 Å². The van der Waals surface area contributed by atoms with E-state index in [0.29, 0.717) is 10.6 Å². The van der Waals surface area contributed by atoms with Crippen LogP contribution in [0.5, 0.6) is 0 Å². The summed E-state index contributed by atoms with van der Waals surface area (Å²) in [7, 11) is 0. The molecule has 0 fully saturated rings. The van der Waals surface area contributed by atoms with Crippen LogP contribution in [0.25, 0.3) is 0 Å². The number of nitriles is 1. The van der Waals surface area contributed by atoms with Crippen LogP contribution in [0.2, 0.25) is 5.02 Å². The van der Waals surface area contributed by atoms with Gasteiger partial charge in [0.15, 0.2) is 0 Å². The second-order valence-corrected chi connectivity index (χ2v) is 4.84. The molecule has 4 heteroatoms. The van der Waals surface area contributed by atoms with Crippen molar-refractivity contribution < 1.29 is 4.79 Å². The van der Waals surface area contributed by atoms with E-state index in [4.69, 9.17) is 11.6 Å². The molecule has 0 spiro atoms. The van der Waals surface area contributed by atoms with Gasteiger partial charge >= 0.3 is 0 Å². The third-order valence-electron chi connectivity index (χ3n) is 2.97. The third-order valence-corrected chi connectivity index (χ3v) is 3.21. The maximum Gasteiger partial charge on any atom is 0.252 e. The predicted molar refractivity (Wildman–Crippen MR) is 78.5 cm³/mol. The molecule has 0 aliphatic rings. The normalized spacial score (nSPS) is 11.4. The zero-order valence-corrected chi connectivity index (χ0v) is 11.7. The predicted octanol–water partition coefficient (Wildman–Crippen LogP) is 3.64. The average Bonchev–Trinajstić information content (AvgIpc) is 2.45. The highest BCUT2D eigenvalue weighted by Gasteiger charge is 2.16. The van der Waals surface area contributed by atoms with Crippen LogP contribution in [-0.2, 0) is 0 Å². The number of aryl methyl sites for hydroxylation is 1. The van der Waals surface area contributed by atoms with Crippen molar-refractivity contribution in [3.8, 4) is 6.07 Å². The molecule has 2 aromatic rings. The molecule has 1 atom stereocenters. The Morgan fingerprint density at radius 3 is 2.55 bits per heavy atom. The summed E-state index contributed by atoms with van der Waals surface area (Å²) in [6.45, 7) is 1.81. The Morgan fingerprint density at radius 1 is 1.25 bits per heavy atom. The molecule has 1 N–H and O–H groups in total. The van der Waals surface area contributed by atoms with Crippen LogP contribution in [0.1, 0.15) is 27.5 Å². The number of hydrogen-bond acceptors (Lipinski definition) is 2. The Labute approximate surface area is 122 Å². The Bertz CT molecular complexity index is 662. The maximum absolute atomic E-state index is 12.2. The monoisotopic (exact) mass is 284 g/mol. The summed E-state index contributed by atoms with van der Waals surface area (Å²) in [5.74, 6) is -0.283. The molecule has 0 bridgehead atoms. The fraction of sp³-hybridized carbons (Fsp3) is 0.125. The summed E-state index contributed by atoms with van der Waals surface area (Å²) in [6, 6.07) is 15.6. The molecule has 20 heavy (non-hydrogen) atoms. The smallest absolute Gasteiger partial charge is 0.252 e. The molecular weight excluding hydrogens is 272 g/mol. The molecule has 0 aliphatic carbocycles. The fourth-order valence-corrected chi connectivity index (χ4v) is 2.15. The minimum absolute atomic E-state index is 0.283. The van der Waals surface area contributed by atoms with E-state index in [2.05, 4.69) is 11.4 Å². The number of nitrogens with one attached hydrogen (secondary N) is 1. The van der Waals surface area contributed by atoms with Crippen LogP contribution in [0, 0.1) is 18.3 Å². The van der Waals surface area contributed by atoms with Crippen LogP contribution in [0.4, 0.5) is 0 Å². The molecule has 0 aromatic heterocycles. The minimum Gasteiger partial charge on any atom is -0.332 e. The van der Waals surface area contributed by atoms with Gasteiger partial charge in [-0.1, -0.05) is 41.9 Å². The van der Waals surface area contributed by atoms with Crippen molar-refractivity contribution >= 4 is 17.5 Å². The zero-order chi connectivity index (χ0) is 14.5. The molecule has 3 nitrogen and oxygen atoms in total. The summed E-state index contributed by atoms with van der Waals surface area (Å²) in [5.41, 5.74) is 2.06. The summed E-state index contributed by atoms with van der Waals surface area (Å²) in [6.07, 6.45) is 0. The summed E-state index contributed by atoms with van der Waals surface area (Å²) < 4.78 is 0. The molecule has 100 valence electrons. The van der Waals surface area contributed by atoms with Crippen molar-refractivity contribution in [1.29, 1.82) is 5.26 Å². The molecule has 1 unspecified atom stereocenters. The Hall–Kier alpha value is -2.31. The minimum atomic E-state index is -0.668. The average molecular weight is 285 g/mol. The van der Waals surface area contributed by atoms with Gasteiger partial charge in [-0.25, -0.2) is 0 Å². The highest BCUT2D eigenvalue weighted by atomic mass is 35.5. The number of halogens is 1. The second kappa shape index (κ2) is 6.23. The number of rotatable bonds is 3. The van der Waals surface area contributed by atoms with Crippen LogP contribution in [0.3, 0.4) is 0 Å². The van der Waals surface area contributed by atoms with Crippen molar-refractivity contribution in [3.63, 3.8) is 0 Å². The van der Waals surface area contributed by atoms with Crippen molar-refractivity contribution in [2.45, 2.75) is 13.0 Å². The highest BCUT2D eigenvalue weighted by Crippen LogP contribution is 2.17. The van der Waals surface area contributed by atoms with E-state index >= 15 is 0 Å². The van der Waals surface area contributed by atoms with Crippen molar-refractivity contribution in [2.24, 2.45) is 0 Å². The Kier molecular flexibility index (Phi) is 4.39. The first-order valence-electron chi connectivity index (χ1n) is 6.13. The van der Waals surface area contributed by atoms with Gasteiger partial charge in [-0.2, -0.15) is 5.26 Å². The highest BCUT2D eigenvalue weighted by molar-refractivity contribution is 6.30. The molecule has 0 radical (unpaired) electrons. The van der Waals surface area contributed by atoms with E-state index in [1.165, 1.54) is 0 Å². The van der Waals surface area contributed by atoms with Crippen molar-refractivity contribution in [3.05, 3.63) is 70.2 Å². The van der Waals surface area contributed by atoms with Gasteiger partial charge < -0.3 is 5.32 Å². The molecule has 0 heterocycles. The van der Waals surface area contributed by atoms with Crippen LogP contribution < -0.4 is 5.32 Å². The van der Waals surface area contributed by atoms with Gasteiger partial charge in [-0.15, -0.1) is 0 Å². The lowest BCUT2D eigenvalue weighted by molar-refractivity contribution is 0.0944. The van der Waals surface area contributed by atoms with E-state index in [9.17, 15) is 10.1 Å². The lowest BCUT2D eigenvalue weighted by Crippen LogP contribution is -2.28. The Morgan fingerprint density at radius 2 is 1.95 bits per heavy atom. The molecular formula is C16H13ClN2O. The van der Waals surface area contributed by atoms with Gasteiger partial charge in [0.1, 0.15) is 6.04 Å². The summed E-state index contributed by atoms with van der Waals surface area (Å²) in [5, 5.41) is 12.5. The summed E-state index contributed by atoms with van der Waals surface area (Å²) >= 11 is 5.87. The van der Waals surface area contributed by atoms with Crippen LogP contribution in [0.15, 0.2) is 48.5 Å². The van der Waals surface area contributed by atoms with E-state index in [-0.39, 0.29) is 5.91 Å². The first kappa shape index (κ1) is 14.1. The molecule has 1 amide bonds. The molecule has 2 rings (SSSR count). The van der Waals surface area contributed by atoms with E-state index in [1.807, 2.05) is 37.3 Å². The van der Waals surface area contributed by atoms with Gasteiger partial charge in [-0.05, 0) is 36.2 Å². The summed E-state index contributed by atoms with van der Waals surface area (Å²) in [4.78, 5) is 12.2. The first-order chi connectivity index (χ1) is 9.61. The number of carbonyl (C=O) groups excluding carboxylic acids is 1. The number of hydrogen-bond donors (Lipinski definition) is 1. The van der Waals surface area contributed by atoms with Crippen LogP contribution in [-0.4, -0.2) is 5.91 Å². The standard InChI is InChI=1S/C16H13ClN2O/c1-11-9-13(17)7-8-14(11)16(20)19-15(10-18)12-5-3-2-4-6-12/h2-9,15H,1H3,(H,19,20). The van der Waals surface area contributed by atoms with Crippen molar-refractivity contribution in [2.75, 3.05) is 0 Å². The Balaban J connectivity index is 2.20. The van der Waals surface area contributed by atoms with Crippen LogP contribution >= 0.6 is 11.6 Å². The van der Waals surface area contributed by atoms with Gasteiger partial charge in [0.2, 0.25) is 0 Å². The van der Waals surface area contributed by atoms with E-state index in [0.717, 1.165) is 11.1 Å². The van der Waals surface area contributed by atoms with Gasteiger partial charge in [0, 0.05) is 10.6 Å². The lowest BCUT2D eigenvalue weighted by atomic mass is 10.1. The first-order valence-corrected chi connectivity index (χ1v) is 6.51. The molecule has 2 aromatic carbocycles. The third kappa shape index (κ3) is 3.17. The van der Waals surface area contributed by atoms with Gasteiger partial charge in [0.25, 0.3) is 5.91 Å².